The molecule has 2 unspecified atom stereocenters. The average molecular weight is 360 g/mol. The number of fused-ring (bicyclic) bond motifs is 1. The van der Waals surface area contributed by atoms with Gasteiger partial charge in [-0.15, -0.1) is 0 Å². The minimum atomic E-state index is -1.03. The molecule has 7 heteroatoms. The molecule has 1 aliphatic rings. The third kappa shape index (κ3) is 3.39. The molecule has 0 aliphatic carbocycles. The predicted molar refractivity (Wildman–Crippen MR) is 92.6 cm³/mol. The van der Waals surface area contributed by atoms with Gasteiger partial charge in [0.2, 0.25) is 0 Å². The highest BCUT2D eigenvalue weighted by Crippen LogP contribution is 2.41. The summed E-state index contributed by atoms with van der Waals surface area (Å²) in [7, 11) is 4.70. The molecule has 0 fully saturated rings. The molecule has 1 aliphatic heterocycles. The van der Waals surface area contributed by atoms with Crippen LogP contribution in [-0.2, 0) is 4.74 Å². The number of methoxy groups -OCH3 is 3. The Bertz CT molecular complexity index is 802. The largest absolute Gasteiger partial charge is 0.493 e. The second-order valence-corrected chi connectivity index (χ2v) is 5.73. The lowest BCUT2D eigenvalue weighted by Gasteiger charge is -2.34. The fourth-order valence-corrected chi connectivity index (χ4v) is 2.87. The minimum absolute atomic E-state index is 0.128. The Labute approximate surface area is 151 Å². The van der Waals surface area contributed by atoms with Gasteiger partial charge in [-0.3, -0.25) is 0 Å². The first-order chi connectivity index (χ1) is 12.6. The summed E-state index contributed by atoms with van der Waals surface area (Å²) in [5, 5.41) is 9.18. The molecule has 0 saturated carbocycles. The van der Waals surface area contributed by atoms with E-state index in [1.807, 2.05) is 12.1 Å². The molecule has 1 heterocycles. The third-order valence-electron chi connectivity index (χ3n) is 4.13. The van der Waals surface area contributed by atoms with Crippen molar-refractivity contribution in [3.63, 3.8) is 0 Å². The van der Waals surface area contributed by atoms with Crippen LogP contribution in [0, 0.1) is 0 Å². The van der Waals surface area contributed by atoms with Crippen LogP contribution in [0.4, 0.5) is 0 Å². The fraction of sp³-hybridized carbons (Fsp3) is 0.316. The molecule has 0 bridgehead atoms. The third-order valence-corrected chi connectivity index (χ3v) is 4.13. The summed E-state index contributed by atoms with van der Waals surface area (Å²) < 4.78 is 27.9. The van der Waals surface area contributed by atoms with E-state index < -0.39 is 18.2 Å². The van der Waals surface area contributed by atoms with E-state index in [9.17, 15) is 9.90 Å². The maximum Gasteiger partial charge on any atom is 0.335 e. The fourth-order valence-electron chi connectivity index (χ4n) is 2.87. The highest BCUT2D eigenvalue weighted by atomic mass is 16.6. The maximum atomic E-state index is 11.2. The number of carbonyl (C=O) groups is 1. The van der Waals surface area contributed by atoms with Crippen LogP contribution in [0.15, 0.2) is 36.4 Å². The van der Waals surface area contributed by atoms with Crippen molar-refractivity contribution < 1.29 is 33.6 Å². The smallest absolute Gasteiger partial charge is 0.335 e. The van der Waals surface area contributed by atoms with Crippen LogP contribution in [0.5, 0.6) is 23.0 Å². The summed E-state index contributed by atoms with van der Waals surface area (Å²) in [5.41, 5.74) is 0.930. The maximum absolute atomic E-state index is 11.2. The summed E-state index contributed by atoms with van der Waals surface area (Å²) in [6.07, 6.45) is -0.896. The Kier molecular flexibility index (Phi) is 5.18. The molecule has 2 atom stereocenters. The van der Waals surface area contributed by atoms with E-state index in [0.29, 0.717) is 29.6 Å². The van der Waals surface area contributed by atoms with Gasteiger partial charge < -0.3 is 28.8 Å². The molecule has 0 aromatic heterocycles. The molecule has 0 radical (unpaired) electrons. The summed E-state index contributed by atoms with van der Waals surface area (Å²) >= 11 is 0. The average Bonchev–Trinajstić information content (AvgIpc) is 2.66. The highest BCUT2D eigenvalue weighted by molar-refractivity contribution is 5.88. The highest BCUT2D eigenvalue weighted by Gasteiger charge is 2.34. The van der Waals surface area contributed by atoms with Gasteiger partial charge >= 0.3 is 5.97 Å². The SMILES string of the molecule is COCC1Oc2ccc(C(=O)O)cc2OC1c1ccc(OC)c(OC)c1. The van der Waals surface area contributed by atoms with Crippen molar-refractivity contribution in [2.24, 2.45) is 0 Å². The zero-order valence-electron chi connectivity index (χ0n) is 14.7. The van der Waals surface area contributed by atoms with Crippen LogP contribution in [-0.4, -0.2) is 45.1 Å². The summed E-state index contributed by atoms with van der Waals surface area (Å²) in [4.78, 5) is 11.2. The Morgan fingerprint density at radius 1 is 1.00 bits per heavy atom. The Balaban J connectivity index is 1.99. The second kappa shape index (κ2) is 7.53. The molecule has 0 spiro atoms. The number of hydrogen-bond donors (Lipinski definition) is 1. The quantitative estimate of drug-likeness (QED) is 0.848. The van der Waals surface area contributed by atoms with Gasteiger partial charge in [-0.05, 0) is 30.3 Å². The Morgan fingerprint density at radius 3 is 2.42 bits per heavy atom. The standard InChI is InChI=1S/C19H20O7/c1-22-10-17-18(11-4-6-13(23-2)15(8-11)24-3)26-16-9-12(19(20)21)5-7-14(16)25-17/h4-9,17-18H,10H2,1-3H3,(H,20,21). The first kappa shape index (κ1) is 17.9. The number of carboxylic acids is 1. The van der Waals surface area contributed by atoms with Crippen molar-refractivity contribution >= 4 is 5.97 Å². The normalized spacial score (nSPS) is 18.3. The van der Waals surface area contributed by atoms with Crippen molar-refractivity contribution in [2.75, 3.05) is 27.9 Å². The molecule has 2 aromatic rings. The molecule has 3 rings (SSSR count). The zero-order valence-corrected chi connectivity index (χ0v) is 14.7. The van der Waals surface area contributed by atoms with Crippen LogP contribution in [0.25, 0.3) is 0 Å². The van der Waals surface area contributed by atoms with Crippen LogP contribution in [0.3, 0.4) is 0 Å². The molecule has 26 heavy (non-hydrogen) atoms. The number of rotatable bonds is 6. The molecule has 1 N–H and O–H groups in total. The topological polar surface area (TPSA) is 83.5 Å². The van der Waals surface area contributed by atoms with Gasteiger partial charge in [-0.1, -0.05) is 6.07 Å². The monoisotopic (exact) mass is 360 g/mol. The number of hydrogen-bond acceptors (Lipinski definition) is 6. The number of aromatic carboxylic acids is 1. The molecule has 0 amide bonds. The minimum Gasteiger partial charge on any atom is -0.493 e. The van der Waals surface area contributed by atoms with Gasteiger partial charge in [-0.25, -0.2) is 4.79 Å². The van der Waals surface area contributed by atoms with Crippen molar-refractivity contribution in [1.29, 1.82) is 0 Å². The van der Waals surface area contributed by atoms with E-state index in [1.54, 1.807) is 33.5 Å². The van der Waals surface area contributed by atoms with Gasteiger partial charge in [0.05, 0.1) is 26.4 Å². The van der Waals surface area contributed by atoms with E-state index in [-0.39, 0.29) is 5.56 Å². The molecular weight excluding hydrogens is 340 g/mol. The van der Waals surface area contributed by atoms with E-state index in [2.05, 4.69) is 0 Å². The second-order valence-electron chi connectivity index (χ2n) is 5.73. The van der Waals surface area contributed by atoms with E-state index in [0.717, 1.165) is 5.56 Å². The summed E-state index contributed by atoms with van der Waals surface area (Å²) in [6, 6.07) is 9.96. The summed E-state index contributed by atoms with van der Waals surface area (Å²) in [5.74, 6) is 0.989. The van der Waals surface area contributed by atoms with Gasteiger partial charge in [-0.2, -0.15) is 0 Å². The molecular formula is C19H20O7. The van der Waals surface area contributed by atoms with Gasteiger partial charge in [0.1, 0.15) is 0 Å². The van der Waals surface area contributed by atoms with Gasteiger partial charge in [0.25, 0.3) is 0 Å². The molecule has 138 valence electrons. The zero-order chi connectivity index (χ0) is 18.7. The van der Waals surface area contributed by atoms with Crippen molar-refractivity contribution in [3.8, 4) is 23.0 Å². The van der Waals surface area contributed by atoms with Crippen molar-refractivity contribution in [3.05, 3.63) is 47.5 Å². The van der Waals surface area contributed by atoms with E-state index >= 15 is 0 Å². The lowest BCUT2D eigenvalue weighted by atomic mass is 10.0. The Hall–Kier alpha value is -2.93. The van der Waals surface area contributed by atoms with Crippen LogP contribution >= 0.6 is 0 Å². The molecule has 0 saturated heterocycles. The van der Waals surface area contributed by atoms with Gasteiger partial charge in [0.15, 0.2) is 35.2 Å². The van der Waals surface area contributed by atoms with Crippen LogP contribution in [0.1, 0.15) is 22.0 Å². The van der Waals surface area contributed by atoms with E-state index in [4.69, 9.17) is 23.7 Å². The Morgan fingerprint density at radius 2 is 1.77 bits per heavy atom. The lowest BCUT2D eigenvalue weighted by molar-refractivity contribution is -0.0240. The van der Waals surface area contributed by atoms with Gasteiger partial charge in [0, 0.05) is 12.7 Å². The van der Waals surface area contributed by atoms with Crippen molar-refractivity contribution in [2.45, 2.75) is 12.2 Å². The van der Waals surface area contributed by atoms with Crippen LogP contribution < -0.4 is 18.9 Å². The predicted octanol–water partition coefficient (Wildman–Crippen LogP) is 2.93. The number of carboxylic acid groups (broad SMARTS) is 1. The van der Waals surface area contributed by atoms with Crippen molar-refractivity contribution in [1.82, 2.24) is 0 Å². The lowest BCUT2D eigenvalue weighted by Crippen LogP contribution is -2.36. The number of ether oxygens (including phenoxy) is 5. The number of benzene rings is 2. The van der Waals surface area contributed by atoms with E-state index in [1.165, 1.54) is 12.1 Å². The molecule has 7 nitrogen and oxygen atoms in total. The first-order valence-electron chi connectivity index (χ1n) is 7.99. The summed E-state index contributed by atoms with van der Waals surface area (Å²) in [6.45, 7) is 0.305. The van der Waals surface area contributed by atoms with Crippen LogP contribution in [0.2, 0.25) is 0 Å². The molecule has 2 aromatic carbocycles. The first-order valence-corrected chi connectivity index (χ1v) is 7.99.